The third kappa shape index (κ3) is 4.59. The highest BCUT2D eigenvalue weighted by Crippen LogP contribution is 2.59. The van der Waals surface area contributed by atoms with E-state index in [-0.39, 0.29) is 42.4 Å². The van der Waals surface area contributed by atoms with Crippen LogP contribution in [0.1, 0.15) is 65.0 Å². The van der Waals surface area contributed by atoms with E-state index in [0.717, 1.165) is 0 Å². The van der Waals surface area contributed by atoms with E-state index in [1.165, 1.54) is 11.0 Å². The number of rotatable bonds is 6. The Labute approximate surface area is 203 Å². The van der Waals surface area contributed by atoms with Crippen molar-refractivity contribution in [2.24, 2.45) is 28.0 Å². The number of nitrogens with one attached hydrogen (secondary N) is 1. The zero-order valence-corrected chi connectivity index (χ0v) is 20.5. The summed E-state index contributed by atoms with van der Waals surface area (Å²) in [6.07, 6.45) is -5.27. The molecule has 4 rings (SSSR count). The van der Waals surface area contributed by atoms with Crippen molar-refractivity contribution in [1.29, 1.82) is 0 Å². The minimum Gasteiger partial charge on any atom is -0.480 e. The predicted molar refractivity (Wildman–Crippen MR) is 124 cm³/mol. The Morgan fingerprint density at radius 2 is 1.91 bits per heavy atom. The molecule has 35 heavy (non-hydrogen) atoms. The van der Waals surface area contributed by atoms with Crippen molar-refractivity contribution in [3.63, 3.8) is 0 Å². The van der Waals surface area contributed by atoms with E-state index >= 15 is 0 Å². The second-order valence-electron chi connectivity index (χ2n) is 10.5. The minimum absolute atomic E-state index is 0.116. The van der Waals surface area contributed by atoms with E-state index in [1.54, 1.807) is 18.2 Å². The Hall–Kier alpha value is -2.78. The molecular weight excluding hydrogens is 461 g/mol. The van der Waals surface area contributed by atoms with Gasteiger partial charge < -0.3 is 15.8 Å². The van der Waals surface area contributed by atoms with Gasteiger partial charge in [-0.3, -0.25) is 14.5 Å². The van der Waals surface area contributed by atoms with E-state index < -0.39 is 41.6 Å². The number of amides is 2. The van der Waals surface area contributed by atoms with Gasteiger partial charge in [-0.05, 0) is 30.2 Å². The predicted octanol–water partition coefficient (Wildman–Crippen LogP) is 3.94. The molecule has 7 nitrogen and oxygen atoms in total. The number of carbonyl (C=O) groups excluding carboxylic acids is 2. The molecule has 2 heterocycles. The fourth-order valence-electron chi connectivity index (χ4n) is 5.52. The lowest BCUT2D eigenvalue weighted by molar-refractivity contribution is -0.201. The highest BCUT2D eigenvalue weighted by Gasteiger charge is 2.63. The van der Waals surface area contributed by atoms with Crippen LogP contribution >= 0.6 is 0 Å². The zero-order chi connectivity index (χ0) is 25.8. The van der Waals surface area contributed by atoms with Crippen LogP contribution in [-0.4, -0.2) is 47.0 Å². The number of nitrogens with zero attached hydrogens (tertiary/aromatic N) is 2. The largest absolute Gasteiger partial charge is 0.480 e. The number of carbonyl (C=O) groups is 2. The standard InChI is InChI=1S/C25H33F3N4O3/c1-5-24(6-2)12-19(33)32(22(29)31-24)13-15-20(23(15,3)4)21(34)30-16-11-18(25(26,27)28)35-17-10-8-7-9-14(16)17/h7-10,15-16,18,20H,5-6,11-13H2,1-4H3,(H2,29,31)(H,30,34)/t15-,16+,18+,20+/m1/s1. The first-order valence-corrected chi connectivity index (χ1v) is 12.1. The van der Waals surface area contributed by atoms with Crippen LogP contribution in [0.2, 0.25) is 0 Å². The minimum atomic E-state index is -4.55. The summed E-state index contributed by atoms with van der Waals surface area (Å²) in [6, 6.07) is 5.63. The molecule has 0 radical (unpaired) electrons. The highest BCUT2D eigenvalue weighted by molar-refractivity contribution is 5.99. The third-order valence-electron chi connectivity index (χ3n) is 8.13. The molecule has 0 spiro atoms. The van der Waals surface area contributed by atoms with Crippen LogP contribution in [0, 0.1) is 17.3 Å². The summed E-state index contributed by atoms with van der Waals surface area (Å²) < 4.78 is 45.5. The van der Waals surface area contributed by atoms with Gasteiger partial charge in [0.1, 0.15) is 5.75 Å². The molecule has 2 amide bonds. The Kier molecular flexibility index (Phi) is 6.30. The van der Waals surface area contributed by atoms with Crippen molar-refractivity contribution in [3.05, 3.63) is 29.8 Å². The lowest BCUT2D eigenvalue weighted by Gasteiger charge is -2.36. The van der Waals surface area contributed by atoms with Gasteiger partial charge >= 0.3 is 6.18 Å². The number of nitrogens with two attached hydrogens (primary N) is 1. The molecule has 1 aromatic rings. The molecule has 0 unspecified atom stereocenters. The lowest BCUT2D eigenvalue weighted by Crippen LogP contribution is -2.52. The molecule has 0 aromatic heterocycles. The Morgan fingerprint density at radius 1 is 1.26 bits per heavy atom. The van der Waals surface area contributed by atoms with Crippen LogP contribution in [0.5, 0.6) is 5.75 Å². The zero-order valence-electron chi connectivity index (χ0n) is 20.5. The number of para-hydroxylation sites is 1. The number of hydrogen-bond donors (Lipinski definition) is 2. The Bertz CT molecular complexity index is 1040. The number of aliphatic imine (C=N–C) groups is 1. The molecular formula is C25H33F3N4O3. The van der Waals surface area contributed by atoms with E-state index in [1.807, 2.05) is 27.7 Å². The SMILES string of the molecule is CCC1(CC)CC(=O)N(C[C@@H]2[C@@H](C(=O)N[C@H]3C[C@@H](C(F)(F)F)Oc4ccccc43)C2(C)C)C(N)=N1. The van der Waals surface area contributed by atoms with Crippen LogP contribution in [0.15, 0.2) is 29.3 Å². The summed E-state index contributed by atoms with van der Waals surface area (Å²) >= 11 is 0. The number of benzene rings is 1. The number of halogens is 3. The molecule has 0 saturated heterocycles. The second kappa shape index (κ2) is 8.71. The molecule has 10 heteroatoms. The quantitative estimate of drug-likeness (QED) is 0.626. The van der Waals surface area contributed by atoms with Gasteiger partial charge in [0.2, 0.25) is 11.8 Å². The van der Waals surface area contributed by atoms with Crippen LogP contribution in [0.3, 0.4) is 0 Å². The maximum absolute atomic E-state index is 13.4. The van der Waals surface area contributed by atoms with E-state index in [4.69, 9.17) is 10.5 Å². The topological polar surface area (TPSA) is 97.0 Å². The van der Waals surface area contributed by atoms with Gasteiger partial charge in [0.05, 0.1) is 18.0 Å². The molecule has 4 atom stereocenters. The molecule has 1 fully saturated rings. The molecule has 1 aromatic carbocycles. The summed E-state index contributed by atoms with van der Waals surface area (Å²) in [4.78, 5) is 32.2. The van der Waals surface area contributed by atoms with E-state index in [2.05, 4.69) is 10.3 Å². The summed E-state index contributed by atoms with van der Waals surface area (Å²) in [5, 5.41) is 2.83. The molecule has 3 N–H and O–H groups in total. The van der Waals surface area contributed by atoms with Crippen molar-refractivity contribution in [2.45, 2.75) is 77.2 Å². The summed E-state index contributed by atoms with van der Waals surface area (Å²) in [5.41, 5.74) is 5.77. The van der Waals surface area contributed by atoms with Gasteiger partial charge in [-0.15, -0.1) is 0 Å². The molecule has 1 saturated carbocycles. The van der Waals surface area contributed by atoms with Gasteiger partial charge in [0.15, 0.2) is 12.1 Å². The van der Waals surface area contributed by atoms with Crippen molar-refractivity contribution >= 4 is 17.8 Å². The average molecular weight is 495 g/mol. The average Bonchev–Trinajstić information content (AvgIpc) is 3.35. The summed E-state index contributed by atoms with van der Waals surface area (Å²) in [5.74, 6) is -0.821. The van der Waals surface area contributed by atoms with Crippen molar-refractivity contribution in [3.8, 4) is 5.75 Å². The van der Waals surface area contributed by atoms with Crippen molar-refractivity contribution in [1.82, 2.24) is 10.2 Å². The number of alkyl halides is 3. The van der Waals surface area contributed by atoms with Crippen LogP contribution < -0.4 is 15.8 Å². The van der Waals surface area contributed by atoms with Gasteiger partial charge in [0.25, 0.3) is 0 Å². The smallest absolute Gasteiger partial charge is 0.425 e. The van der Waals surface area contributed by atoms with Crippen LogP contribution in [-0.2, 0) is 9.59 Å². The first-order valence-electron chi connectivity index (χ1n) is 12.1. The molecule has 0 bridgehead atoms. The molecule has 192 valence electrons. The maximum Gasteiger partial charge on any atom is 0.425 e. The normalized spacial score (nSPS) is 29.1. The molecule has 2 aliphatic heterocycles. The molecule has 3 aliphatic rings. The van der Waals surface area contributed by atoms with Gasteiger partial charge in [-0.1, -0.05) is 45.9 Å². The number of fused-ring (bicyclic) bond motifs is 1. The second-order valence-corrected chi connectivity index (χ2v) is 10.5. The summed E-state index contributed by atoms with van der Waals surface area (Å²) in [6.45, 7) is 8.04. The fourth-order valence-corrected chi connectivity index (χ4v) is 5.52. The van der Waals surface area contributed by atoms with E-state index in [0.29, 0.717) is 18.4 Å². The lowest BCUT2D eigenvalue weighted by atomic mass is 9.88. The Balaban J connectivity index is 1.49. The first kappa shape index (κ1) is 25.3. The summed E-state index contributed by atoms with van der Waals surface area (Å²) in [7, 11) is 0. The number of hydrogen-bond acceptors (Lipinski definition) is 5. The molecule has 1 aliphatic carbocycles. The van der Waals surface area contributed by atoms with Gasteiger partial charge in [-0.25, -0.2) is 4.99 Å². The van der Waals surface area contributed by atoms with Crippen molar-refractivity contribution < 1.29 is 27.5 Å². The van der Waals surface area contributed by atoms with Gasteiger partial charge in [0, 0.05) is 24.4 Å². The number of guanidine groups is 1. The first-order chi connectivity index (χ1) is 16.3. The van der Waals surface area contributed by atoms with Gasteiger partial charge in [-0.2, -0.15) is 13.2 Å². The maximum atomic E-state index is 13.4. The van der Waals surface area contributed by atoms with Crippen molar-refractivity contribution in [2.75, 3.05) is 6.54 Å². The van der Waals surface area contributed by atoms with Crippen LogP contribution in [0.25, 0.3) is 0 Å². The fraction of sp³-hybridized carbons (Fsp3) is 0.640. The van der Waals surface area contributed by atoms with E-state index in [9.17, 15) is 22.8 Å². The Morgan fingerprint density at radius 3 is 2.51 bits per heavy atom. The van der Waals surface area contributed by atoms with Crippen LogP contribution in [0.4, 0.5) is 13.2 Å². The monoisotopic (exact) mass is 494 g/mol. The highest BCUT2D eigenvalue weighted by atomic mass is 19.4. The number of ether oxygens (including phenoxy) is 1. The third-order valence-corrected chi connectivity index (χ3v) is 8.13.